The predicted molar refractivity (Wildman–Crippen MR) is 73.8 cm³/mol. The fourth-order valence-corrected chi connectivity index (χ4v) is 2.38. The minimum atomic E-state index is -0.671. The second-order valence-corrected chi connectivity index (χ2v) is 5.57. The van der Waals surface area contributed by atoms with Gasteiger partial charge in [0.2, 0.25) is 0 Å². The van der Waals surface area contributed by atoms with Crippen LogP contribution in [-0.2, 0) is 0 Å². The van der Waals surface area contributed by atoms with Gasteiger partial charge in [-0.3, -0.25) is 4.79 Å². The van der Waals surface area contributed by atoms with Gasteiger partial charge in [-0.15, -0.1) is 0 Å². The molecule has 0 aliphatic carbocycles. The molecule has 2 rings (SSSR count). The number of carbonyl (C=O) groups is 1. The molecule has 1 aromatic carbocycles. The number of halogens is 1. The minimum Gasteiger partial charge on any atom is -0.496 e. The number of piperidine rings is 1. The van der Waals surface area contributed by atoms with E-state index in [1.165, 1.54) is 7.11 Å². The normalized spacial score (nSPS) is 18.2. The zero-order valence-electron chi connectivity index (χ0n) is 11.1. The second kappa shape index (κ2) is 5.39. The average molecular weight is 284 g/mol. The van der Waals surface area contributed by atoms with Crippen molar-refractivity contribution in [2.45, 2.75) is 25.4 Å². The van der Waals surface area contributed by atoms with E-state index in [1.807, 2.05) is 0 Å². The maximum Gasteiger partial charge on any atom is 0.257 e. The predicted octanol–water partition coefficient (Wildman–Crippen LogP) is 2.34. The molecule has 1 fully saturated rings. The summed E-state index contributed by atoms with van der Waals surface area (Å²) in [6, 6.07) is 5.00. The molecule has 0 bridgehead atoms. The van der Waals surface area contributed by atoms with Crippen molar-refractivity contribution in [1.29, 1.82) is 0 Å². The van der Waals surface area contributed by atoms with E-state index in [0.29, 0.717) is 42.3 Å². The maximum atomic E-state index is 12.4. The highest BCUT2D eigenvalue weighted by molar-refractivity contribution is 6.31. The van der Waals surface area contributed by atoms with Crippen LogP contribution in [0.4, 0.5) is 0 Å². The third kappa shape index (κ3) is 3.19. The van der Waals surface area contributed by atoms with Crippen molar-refractivity contribution >= 4 is 17.5 Å². The first kappa shape index (κ1) is 14.2. The van der Waals surface area contributed by atoms with Crippen LogP contribution in [-0.4, -0.2) is 41.7 Å². The van der Waals surface area contributed by atoms with Crippen molar-refractivity contribution in [1.82, 2.24) is 4.90 Å². The Bertz CT molecular complexity index is 478. The van der Waals surface area contributed by atoms with Crippen molar-refractivity contribution in [3.8, 4) is 5.75 Å². The summed E-state index contributed by atoms with van der Waals surface area (Å²) in [5.41, 5.74) is -0.202. The third-order valence-electron chi connectivity index (χ3n) is 3.52. The number of hydrogen-bond acceptors (Lipinski definition) is 3. The molecule has 19 heavy (non-hydrogen) atoms. The molecular weight excluding hydrogens is 266 g/mol. The quantitative estimate of drug-likeness (QED) is 0.906. The molecule has 0 atom stereocenters. The summed E-state index contributed by atoms with van der Waals surface area (Å²) >= 11 is 5.94. The first-order valence-corrected chi connectivity index (χ1v) is 6.66. The van der Waals surface area contributed by atoms with Crippen LogP contribution in [0.15, 0.2) is 18.2 Å². The molecule has 1 aromatic rings. The van der Waals surface area contributed by atoms with Crippen molar-refractivity contribution in [3.63, 3.8) is 0 Å². The number of carbonyl (C=O) groups excluding carboxylic acids is 1. The van der Waals surface area contributed by atoms with Crippen LogP contribution >= 0.6 is 11.6 Å². The topological polar surface area (TPSA) is 49.8 Å². The van der Waals surface area contributed by atoms with E-state index in [2.05, 4.69) is 0 Å². The second-order valence-electron chi connectivity index (χ2n) is 5.13. The fourth-order valence-electron chi connectivity index (χ4n) is 2.21. The number of hydrogen-bond donors (Lipinski definition) is 1. The van der Waals surface area contributed by atoms with Crippen molar-refractivity contribution in [2.75, 3.05) is 20.2 Å². The SMILES string of the molecule is COc1ccc(Cl)cc1C(=O)N1CCC(C)(O)CC1. The lowest BCUT2D eigenvalue weighted by Gasteiger charge is -2.36. The Balaban J connectivity index is 2.18. The zero-order chi connectivity index (χ0) is 14.0. The van der Waals surface area contributed by atoms with Gasteiger partial charge in [0, 0.05) is 18.1 Å². The smallest absolute Gasteiger partial charge is 0.257 e. The number of rotatable bonds is 2. The first-order chi connectivity index (χ1) is 8.93. The summed E-state index contributed by atoms with van der Waals surface area (Å²) in [6.07, 6.45) is 1.17. The number of nitrogens with zero attached hydrogens (tertiary/aromatic N) is 1. The van der Waals surface area contributed by atoms with Crippen LogP contribution in [0.3, 0.4) is 0 Å². The Hall–Kier alpha value is -1.26. The van der Waals surface area contributed by atoms with Gasteiger partial charge in [0.05, 0.1) is 18.3 Å². The molecule has 1 aliphatic heterocycles. The standard InChI is InChI=1S/C14H18ClNO3/c1-14(18)5-7-16(8-6-14)13(17)11-9-10(15)3-4-12(11)19-2/h3-4,9,18H,5-8H2,1-2H3. The molecule has 1 amide bonds. The molecule has 0 saturated carbocycles. The number of ether oxygens (including phenoxy) is 1. The zero-order valence-corrected chi connectivity index (χ0v) is 11.9. The summed E-state index contributed by atoms with van der Waals surface area (Å²) in [4.78, 5) is 14.2. The van der Waals surface area contributed by atoms with E-state index in [0.717, 1.165) is 0 Å². The number of benzene rings is 1. The number of aliphatic hydroxyl groups is 1. The number of methoxy groups -OCH3 is 1. The monoisotopic (exact) mass is 283 g/mol. The third-order valence-corrected chi connectivity index (χ3v) is 3.75. The summed E-state index contributed by atoms with van der Waals surface area (Å²) in [7, 11) is 1.53. The number of amides is 1. The van der Waals surface area contributed by atoms with Gasteiger partial charge in [0.1, 0.15) is 5.75 Å². The summed E-state index contributed by atoms with van der Waals surface area (Å²) in [5, 5.41) is 10.4. The van der Waals surface area contributed by atoms with E-state index >= 15 is 0 Å². The summed E-state index contributed by atoms with van der Waals surface area (Å²) in [5.74, 6) is 0.418. The largest absolute Gasteiger partial charge is 0.496 e. The van der Waals surface area contributed by atoms with Crippen molar-refractivity contribution in [3.05, 3.63) is 28.8 Å². The van der Waals surface area contributed by atoms with Gasteiger partial charge in [-0.25, -0.2) is 0 Å². The Morgan fingerprint density at radius 3 is 2.63 bits per heavy atom. The van der Waals surface area contributed by atoms with Crippen LogP contribution in [0.25, 0.3) is 0 Å². The Morgan fingerprint density at radius 1 is 1.42 bits per heavy atom. The Kier molecular flexibility index (Phi) is 4.02. The van der Waals surface area contributed by atoms with Gasteiger partial charge in [0.15, 0.2) is 0 Å². The lowest BCUT2D eigenvalue weighted by molar-refractivity contribution is -0.00209. The van der Waals surface area contributed by atoms with E-state index in [1.54, 1.807) is 30.0 Å². The molecule has 1 heterocycles. The fraction of sp³-hybridized carbons (Fsp3) is 0.500. The molecule has 104 valence electrons. The van der Waals surface area contributed by atoms with Crippen LogP contribution in [0, 0.1) is 0 Å². The van der Waals surface area contributed by atoms with E-state index in [-0.39, 0.29) is 5.91 Å². The first-order valence-electron chi connectivity index (χ1n) is 6.28. The lowest BCUT2D eigenvalue weighted by atomic mass is 9.93. The summed E-state index contributed by atoms with van der Waals surface area (Å²) in [6.45, 7) is 2.89. The minimum absolute atomic E-state index is 0.102. The van der Waals surface area contributed by atoms with Crippen LogP contribution in [0.2, 0.25) is 5.02 Å². The average Bonchev–Trinajstić information content (AvgIpc) is 2.38. The molecule has 4 nitrogen and oxygen atoms in total. The molecule has 1 N–H and O–H groups in total. The van der Waals surface area contributed by atoms with E-state index < -0.39 is 5.60 Å². The highest BCUT2D eigenvalue weighted by atomic mass is 35.5. The molecular formula is C14H18ClNO3. The maximum absolute atomic E-state index is 12.4. The molecule has 0 radical (unpaired) electrons. The van der Waals surface area contributed by atoms with Crippen LogP contribution in [0.5, 0.6) is 5.75 Å². The van der Waals surface area contributed by atoms with Gasteiger partial charge in [-0.05, 0) is 38.0 Å². The van der Waals surface area contributed by atoms with Gasteiger partial charge in [0.25, 0.3) is 5.91 Å². The van der Waals surface area contributed by atoms with Crippen LogP contribution < -0.4 is 4.74 Å². The number of likely N-dealkylation sites (tertiary alicyclic amines) is 1. The summed E-state index contributed by atoms with van der Waals surface area (Å²) < 4.78 is 5.20. The highest BCUT2D eigenvalue weighted by Gasteiger charge is 2.30. The highest BCUT2D eigenvalue weighted by Crippen LogP contribution is 2.27. The Morgan fingerprint density at radius 2 is 2.05 bits per heavy atom. The van der Waals surface area contributed by atoms with Crippen molar-refractivity contribution < 1.29 is 14.6 Å². The van der Waals surface area contributed by atoms with E-state index in [4.69, 9.17) is 16.3 Å². The van der Waals surface area contributed by atoms with Gasteiger partial charge >= 0.3 is 0 Å². The lowest BCUT2D eigenvalue weighted by Crippen LogP contribution is -2.45. The van der Waals surface area contributed by atoms with Gasteiger partial charge in [-0.2, -0.15) is 0 Å². The Labute approximate surface area is 117 Å². The molecule has 1 saturated heterocycles. The molecule has 5 heteroatoms. The van der Waals surface area contributed by atoms with Crippen LogP contribution in [0.1, 0.15) is 30.1 Å². The van der Waals surface area contributed by atoms with Gasteiger partial charge < -0.3 is 14.7 Å². The molecule has 1 aliphatic rings. The molecule has 0 spiro atoms. The molecule has 0 aromatic heterocycles. The molecule has 0 unspecified atom stereocenters. The van der Waals surface area contributed by atoms with Gasteiger partial charge in [-0.1, -0.05) is 11.6 Å². The van der Waals surface area contributed by atoms with Crippen molar-refractivity contribution in [2.24, 2.45) is 0 Å². The van der Waals surface area contributed by atoms with E-state index in [9.17, 15) is 9.90 Å².